The maximum atomic E-state index is 2.46. The molecule has 0 fully saturated rings. The Morgan fingerprint density at radius 1 is 0.161 bits per heavy atom. The van der Waals surface area contributed by atoms with Crippen LogP contribution < -0.4 is 9.80 Å². The van der Waals surface area contributed by atoms with Crippen LogP contribution in [0.4, 0.5) is 34.1 Å². The Kier molecular flexibility index (Phi) is 7.53. The molecule has 0 atom stereocenters. The molecule has 0 heterocycles. The number of hydrogen-bond acceptors (Lipinski definition) is 2. The van der Waals surface area contributed by atoms with Crippen molar-refractivity contribution in [2.75, 3.05) is 9.80 Å². The number of hydrogen-bond donors (Lipinski definition) is 0. The SMILES string of the molecule is c1ccc(N(c2ccccc2)c2ccc3c(c2)c2cc(N(c4ccccc4)c4ccccc4)ccc2c2cc4c5ccccc5c5ccccc5c4cc32)cc1. The average molecular weight is 713 g/mol. The summed E-state index contributed by atoms with van der Waals surface area (Å²) in [4.78, 5) is 4.72. The number of rotatable bonds is 6. The van der Waals surface area contributed by atoms with Gasteiger partial charge in [0.25, 0.3) is 0 Å². The molecular weight excluding hydrogens is 677 g/mol. The summed E-state index contributed by atoms with van der Waals surface area (Å²) in [5.74, 6) is 0. The van der Waals surface area contributed by atoms with E-state index in [1.54, 1.807) is 0 Å². The molecule has 0 bridgehead atoms. The van der Waals surface area contributed by atoms with E-state index < -0.39 is 0 Å². The van der Waals surface area contributed by atoms with Crippen LogP contribution >= 0.6 is 0 Å². The lowest BCUT2D eigenvalue weighted by atomic mass is 9.88. The Labute approximate surface area is 325 Å². The molecule has 262 valence electrons. The third kappa shape index (κ3) is 5.19. The van der Waals surface area contributed by atoms with Crippen LogP contribution in [-0.4, -0.2) is 0 Å². The predicted molar refractivity (Wildman–Crippen MR) is 241 cm³/mol. The van der Waals surface area contributed by atoms with Gasteiger partial charge in [-0.2, -0.15) is 0 Å². The second kappa shape index (κ2) is 13.2. The summed E-state index contributed by atoms with van der Waals surface area (Å²) in [5.41, 5.74) is 6.70. The lowest BCUT2D eigenvalue weighted by Crippen LogP contribution is -2.10. The van der Waals surface area contributed by atoms with Crippen LogP contribution in [0.1, 0.15) is 0 Å². The number of nitrogens with zero attached hydrogens (tertiary/aromatic N) is 2. The van der Waals surface area contributed by atoms with Gasteiger partial charge < -0.3 is 9.80 Å². The zero-order chi connectivity index (χ0) is 37.0. The van der Waals surface area contributed by atoms with Crippen LogP contribution in [0.5, 0.6) is 0 Å². The van der Waals surface area contributed by atoms with Gasteiger partial charge in [0, 0.05) is 34.1 Å². The van der Waals surface area contributed by atoms with Gasteiger partial charge in [-0.15, -0.1) is 0 Å². The molecule has 11 aromatic carbocycles. The fourth-order valence-corrected chi connectivity index (χ4v) is 8.86. The van der Waals surface area contributed by atoms with Crippen LogP contribution in [0.15, 0.2) is 218 Å². The van der Waals surface area contributed by atoms with E-state index in [0.29, 0.717) is 0 Å². The zero-order valence-electron chi connectivity index (χ0n) is 30.7. The van der Waals surface area contributed by atoms with Crippen LogP contribution in [0.25, 0.3) is 64.6 Å². The average Bonchev–Trinajstić information content (AvgIpc) is 3.28. The Hall–Kier alpha value is -7.42. The number of para-hydroxylation sites is 4. The van der Waals surface area contributed by atoms with Gasteiger partial charge in [0.05, 0.1) is 0 Å². The van der Waals surface area contributed by atoms with E-state index >= 15 is 0 Å². The summed E-state index contributed by atoms with van der Waals surface area (Å²) < 4.78 is 0. The minimum absolute atomic E-state index is 1.11. The second-order valence-electron chi connectivity index (χ2n) is 14.5. The van der Waals surface area contributed by atoms with Crippen molar-refractivity contribution in [3.8, 4) is 0 Å². The first-order chi connectivity index (χ1) is 27.8. The lowest BCUT2D eigenvalue weighted by molar-refractivity contribution is 1.29. The molecule has 2 heteroatoms. The molecule has 0 unspecified atom stereocenters. The smallest absolute Gasteiger partial charge is 0.0468 e. The molecule has 0 saturated carbocycles. The second-order valence-corrected chi connectivity index (χ2v) is 14.5. The lowest BCUT2D eigenvalue weighted by Gasteiger charge is -2.27. The zero-order valence-corrected chi connectivity index (χ0v) is 30.7. The highest BCUT2D eigenvalue weighted by Gasteiger charge is 2.19. The molecule has 56 heavy (non-hydrogen) atoms. The van der Waals surface area contributed by atoms with Crippen molar-refractivity contribution in [2.24, 2.45) is 0 Å². The molecule has 0 spiro atoms. The minimum atomic E-state index is 1.11. The largest absolute Gasteiger partial charge is 0.310 e. The molecule has 0 amide bonds. The van der Waals surface area contributed by atoms with E-state index in [1.807, 2.05) is 0 Å². The van der Waals surface area contributed by atoms with Crippen LogP contribution in [-0.2, 0) is 0 Å². The first-order valence-electron chi connectivity index (χ1n) is 19.3. The maximum absolute atomic E-state index is 2.46. The summed E-state index contributed by atoms with van der Waals surface area (Å²) in [6.45, 7) is 0. The van der Waals surface area contributed by atoms with Gasteiger partial charge in [-0.1, -0.05) is 133 Å². The van der Waals surface area contributed by atoms with E-state index in [-0.39, 0.29) is 0 Å². The number of anilines is 6. The molecule has 11 aromatic rings. The minimum Gasteiger partial charge on any atom is -0.310 e. The topological polar surface area (TPSA) is 6.48 Å². The molecule has 0 aliphatic carbocycles. The highest BCUT2D eigenvalue weighted by Crippen LogP contribution is 2.46. The van der Waals surface area contributed by atoms with E-state index in [2.05, 4.69) is 228 Å². The first-order valence-corrected chi connectivity index (χ1v) is 19.3. The normalized spacial score (nSPS) is 11.6. The van der Waals surface area contributed by atoms with Crippen molar-refractivity contribution < 1.29 is 0 Å². The molecule has 0 aromatic heterocycles. The standard InChI is InChI=1S/C54H36N2/c1-5-17-37(18-6-1)55(38-19-7-2-8-20-38)41-29-31-47-49(33-41)50-34-42(56(39-21-9-3-10-22-39)40-23-11-4-12-24-40)30-32-48(50)54-36-52-46-28-16-14-26-44(46)43-25-13-15-27-45(43)51(52)35-53(47)54/h1-36H. The summed E-state index contributed by atoms with van der Waals surface area (Å²) in [6, 6.07) is 79.5. The molecule has 2 nitrogen and oxygen atoms in total. The molecule has 0 aliphatic heterocycles. The monoisotopic (exact) mass is 712 g/mol. The molecule has 11 rings (SSSR count). The van der Waals surface area contributed by atoms with Gasteiger partial charge in [-0.05, 0) is 150 Å². The van der Waals surface area contributed by atoms with Crippen LogP contribution in [0.2, 0.25) is 0 Å². The molecule has 0 radical (unpaired) electrons. The highest BCUT2D eigenvalue weighted by molar-refractivity contribution is 6.33. The summed E-state index contributed by atoms with van der Waals surface area (Å²) in [5, 5.41) is 15.1. The summed E-state index contributed by atoms with van der Waals surface area (Å²) >= 11 is 0. The Bertz CT molecular complexity index is 2930. The third-order valence-electron chi connectivity index (χ3n) is 11.3. The molecule has 0 saturated heterocycles. The van der Waals surface area contributed by atoms with Gasteiger partial charge >= 0.3 is 0 Å². The van der Waals surface area contributed by atoms with Crippen molar-refractivity contribution in [3.63, 3.8) is 0 Å². The van der Waals surface area contributed by atoms with Crippen molar-refractivity contribution >= 4 is 98.8 Å². The molecule has 0 aliphatic rings. The van der Waals surface area contributed by atoms with Crippen molar-refractivity contribution in [1.82, 2.24) is 0 Å². The fourth-order valence-electron chi connectivity index (χ4n) is 8.86. The summed E-state index contributed by atoms with van der Waals surface area (Å²) in [7, 11) is 0. The fraction of sp³-hybridized carbons (Fsp3) is 0. The Balaban J connectivity index is 1.26. The van der Waals surface area contributed by atoms with Gasteiger partial charge in [0.2, 0.25) is 0 Å². The third-order valence-corrected chi connectivity index (χ3v) is 11.3. The highest BCUT2D eigenvalue weighted by atomic mass is 15.1. The van der Waals surface area contributed by atoms with Crippen LogP contribution in [0.3, 0.4) is 0 Å². The van der Waals surface area contributed by atoms with E-state index in [1.165, 1.54) is 64.6 Å². The Morgan fingerprint density at radius 3 is 0.696 bits per heavy atom. The Morgan fingerprint density at radius 2 is 0.393 bits per heavy atom. The van der Waals surface area contributed by atoms with Crippen molar-refractivity contribution in [1.29, 1.82) is 0 Å². The van der Waals surface area contributed by atoms with E-state index in [9.17, 15) is 0 Å². The van der Waals surface area contributed by atoms with Gasteiger partial charge in [0.15, 0.2) is 0 Å². The van der Waals surface area contributed by atoms with Gasteiger partial charge in [-0.25, -0.2) is 0 Å². The van der Waals surface area contributed by atoms with E-state index in [4.69, 9.17) is 0 Å². The van der Waals surface area contributed by atoms with Gasteiger partial charge in [-0.3, -0.25) is 0 Å². The quantitative estimate of drug-likeness (QED) is 0.125. The van der Waals surface area contributed by atoms with E-state index in [0.717, 1.165) is 34.1 Å². The predicted octanol–water partition coefficient (Wildman–Crippen LogP) is 15.5. The number of benzene rings is 11. The van der Waals surface area contributed by atoms with Crippen molar-refractivity contribution in [2.45, 2.75) is 0 Å². The number of fused-ring (bicyclic) bond motifs is 12. The van der Waals surface area contributed by atoms with Crippen LogP contribution in [0, 0.1) is 0 Å². The van der Waals surface area contributed by atoms with Crippen molar-refractivity contribution in [3.05, 3.63) is 218 Å². The van der Waals surface area contributed by atoms with Gasteiger partial charge in [0.1, 0.15) is 0 Å². The first kappa shape index (κ1) is 32.0. The molecule has 0 N–H and O–H groups in total. The summed E-state index contributed by atoms with van der Waals surface area (Å²) in [6.07, 6.45) is 0. The molecular formula is C54H36N2. The maximum Gasteiger partial charge on any atom is 0.0468 e.